The molecule has 0 N–H and O–H groups in total. The molecule has 1 saturated carbocycles. The zero-order valence-corrected chi connectivity index (χ0v) is 14.8. The smallest absolute Gasteiger partial charge is 0.417 e. The summed E-state index contributed by atoms with van der Waals surface area (Å²) in [6.07, 6.45) is -1.81. The minimum Gasteiger partial charge on any atom is -0.473 e. The molecule has 3 atom stereocenters. The Bertz CT molecular complexity index is 852. The van der Waals surface area contributed by atoms with Gasteiger partial charge in [-0.15, -0.1) is 0 Å². The van der Waals surface area contributed by atoms with Crippen molar-refractivity contribution in [2.45, 2.75) is 32.0 Å². The molecule has 1 aromatic heterocycles. The molecule has 2 nitrogen and oxygen atoms in total. The lowest BCUT2D eigenvalue weighted by Crippen LogP contribution is -2.09. The molecule has 7 heteroatoms. The summed E-state index contributed by atoms with van der Waals surface area (Å²) in [4.78, 5) is 4.25. The molecular formula is C18H14BrF4NO. The average molecular weight is 416 g/mol. The molecule has 2 aliphatic rings. The van der Waals surface area contributed by atoms with Crippen LogP contribution in [0.4, 0.5) is 17.6 Å². The van der Waals surface area contributed by atoms with E-state index in [0.717, 1.165) is 12.5 Å². The van der Waals surface area contributed by atoms with Crippen LogP contribution in [0.5, 0.6) is 5.88 Å². The van der Waals surface area contributed by atoms with Crippen LogP contribution in [0.3, 0.4) is 0 Å². The summed E-state index contributed by atoms with van der Waals surface area (Å²) in [6, 6.07) is 3.43. The zero-order chi connectivity index (χ0) is 17.9. The second-order valence-electron chi connectivity index (χ2n) is 6.68. The monoisotopic (exact) mass is 415 g/mol. The van der Waals surface area contributed by atoms with Gasteiger partial charge in [-0.1, -0.05) is 22.9 Å². The molecule has 2 aliphatic carbocycles. The van der Waals surface area contributed by atoms with Gasteiger partial charge in [-0.05, 0) is 47.4 Å². The third-order valence-electron chi connectivity index (χ3n) is 5.19. The maximum absolute atomic E-state index is 14.0. The summed E-state index contributed by atoms with van der Waals surface area (Å²) in [6.45, 7) is 2.05. The van der Waals surface area contributed by atoms with E-state index in [1.807, 2.05) is 6.07 Å². The van der Waals surface area contributed by atoms with Gasteiger partial charge in [-0.25, -0.2) is 9.37 Å². The molecule has 0 saturated heterocycles. The summed E-state index contributed by atoms with van der Waals surface area (Å²) in [7, 11) is 0. The van der Waals surface area contributed by atoms with E-state index in [0.29, 0.717) is 29.7 Å². The summed E-state index contributed by atoms with van der Waals surface area (Å²) in [5.74, 6) is 1.41. The lowest BCUT2D eigenvalue weighted by molar-refractivity contribution is -0.138. The van der Waals surface area contributed by atoms with Crippen molar-refractivity contribution >= 4 is 15.9 Å². The third-order valence-corrected chi connectivity index (χ3v) is 5.85. The number of pyridine rings is 1. The van der Waals surface area contributed by atoms with Crippen molar-refractivity contribution in [3.8, 4) is 5.88 Å². The molecule has 0 bridgehead atoms. The second kappa shape index (κ2) is 5.69. The predicted octanol–water partition coefficient (Wildman–Crippen LogP) is 5.49. The van der Waals surface area contributed by atoms with Gasteiger partial charge in [-0.3, -0.25) is 0 Å². The van der Waals surface area contributed by atoms with E-state index in [-0.39, 0.29) is 16.6 Å². The number of alkyl halides is 3. The quantitative estimate of drug-likeness (QED) is 0.618. The zero-order valence-electron chi connectivity index (χ0n) is 13.2. The van der Waals surface area contributed by atoms with E-state index in [4.69, 9.17) is 4.74 Å². The first-order chi connectivity index (χ1) is 11.8. The van der Waals surface area contributed by atoms with Crippen LogP contribution in [0, 0.1) is 17.7 Å². The van der Waals surface area contributed by atoms with Crippen LogP contribution >= 0.6 is 15.9 Å². The normalized spacial score (nSPS) is 24.0. The van der Waals surface area contributed by atoms with Gasteiger partial charge in [0, 0.05) is 22.3 Å². The number of halogens is 5. The van der Waals surface area contributed by atoms with Crippen molar-refractivity contribution in [1.82, 2.24) is 4.98 Å². The van der Waals surface area contributed by atoms with E-state index in [2.05, 4.69) is 27.8 Å². The fourth-order valence-electron chi connectivity index (χ4n) is 3.74. The van der Waals surface area contributed by atoms with Crippen LogP contribution in [0.25, 0.3) is 0 Å². The Labute approximate surface area is 150 Å². The standard InChI is InChI=1S/C18H14BrF4NO/c1-8-11-2-9-4-16(24-6-12(9)17(8)11)25-7-10-3-14(19)13(5-15(10)20)18(21,22)23/h3-6,8,11,17H,2,7H2,1H3. The molecule has 1 fully saturated rings. The van der Waals surface area contributed by atoms with Gasteiger partial charge < -0.3 is 4.74 Å². The Hall–Kier alpha value is -1.63. The number of aromatic nitrogens is 1. The van der Waals surface area contributed by atoms with E-state index in [9.17, 15) is 17.6 Å². The summed E-state index contributed by atoms with van der Waals surface area (Å²) >= 11 is 2.84. The molecular weight excluding hydrogens is 402 g/mol. The molecule has 1 aromatic carbocycles. The first-order valence-electron chi connectivity index (χ1n) is 7.92. The maximum atomic E-state index is 14.0. The topological polar surface area (TPSA) is 22.1 Å². The lowest BCUT2D eigenvalue weighted by Gasteiger charge is -2.13. The molecule has 0 aliphatic heterocycles. The van der Waals surface area contributed by atoms with E-state index < -0.39 is 17.6 Å². The number of hydrogen-bond donors (Lipinski definition) is 0. The van der Waals surface area contributed by atoms with Crippen LogP contribution in [0.15, 0.2) is 28.9 Å². The molecule has 3 unspecified atom stereocenters. The number of hydrogen-bond acceptors (Lipinski definition) is 2. The van der Waals surface area contributed by atoms with E-state index in [1.165, 1.54) is 11.1 Å². The van der Waals surface area contributed by atoms with Crippen LogP contribution < -0.4 is 4.74 Å². The largest absolute Gasteiger partial charge is 0.473 e. The Kier molecular flexibility index (Phi) is 3.83. The second-order valence-corrected chi connectivity index (χ2v) is 7.54. The highest BCUT2D eigenvalue weighted by Gasteiger charge is 2.52. The van der Waals surface area contributed by atoms with Gasteiger partial charge in [0.25, 0.3) is 0 Å². The van der Waals surface area contributed by atoms with Crippen molar-refractivity contribution < 1.29 is 22.3 Å². The molecule has 132 valence electrons. The fourth-order valence-corrected chi connectivity index (χ4v) is 4.35. The Balaban J connectivity index is 1.50. The molecule has 25 heavy (non-hydrogen) atoms. The molecule has 1 heterocycles. The first-order valence-corrected chi connectivity index (χ1v) is 8.71. The van der Waals surface area contributed by atoms with Crippen LogP contribution in [0.1, 0.15) is 35.1 Å². The van der Waals surface area contributed by atoms with Crippen molar-refractivity contribution in [2.24, 2.45) is 11.8 Å². The van der Waals surface area contributed by atoms with Crippen molar-refractivity contribution in [1.29, 1.82) is 0 Å². The van der Waals surface area contributed by atoms with Gasteiger partial charge in [0.1, 0.15) is 12.4 Å². The fraction of sp³-hybridized carbons (Fsp3) is 0.389. The highest BCUT2D eigenvalue weighted by atomic mass is 79.9. The van der Waals surface area contributed by atoms with Gasteiger partial charge >= 0.3 is 6.18 Å². The number of rotatable bonds is 3. The highest BCUT2D eigenvalue weighted by Crippen LogP contribution is 2.61. The van der Waals surface area contributed by atoms with Crippen molar-refractivity contribution in [3.63, 3.8) is 0 Å². The summed E-state index contributed by atoms with van der Waals surface area (Å²) < 4.78 is 57.5. The molecule has 2 aromatic rings. The Morgan fingerprint density at radius 2 is 2.04 bits per heavy atom. The SMILES string of the molecule is CC1C2Cc3cc(OCc4cc(Br)c(C(F)(F)F)cc4F)ncc3C12. The van der Waals surface area contributed by atoms with Crippen LogP contribution in [-0.4, -0.2) is 4.98 Å². The van der Waals surface area contributed by atoms with Gasteiger partial charge in [0.05, 0.1) is 5.56 Å². The number of benzene rings is 1. The summed E-state index contributed by atoms with van der Waals surface area (Å²) in [5.41, 5.74) is 1.46. The van der Waals surface area contributed by atoms with Crippen molar-refractivity contribution in [2.75, 3.05) is 0 Å². The highest BCUT2D eigenvalue weighted by molar-refractivity contribution is 9.10. The number of nitrogens with zero attached hydrogens (tertiary/aromatic N) is 1. The van der Waals surface area contributed by atoms with Crippen molar-refractivity contribution in [3.05, 3.63) is 56.9 Å². The van der Waals surface area contributed by atoms with Gasteiger partial charge in [0.15, 0.2) is 0 Å². The van der Waals surface area contributed by atoms with Gasteiger partial charge in [0.2, 0.25) is 5.88 Å². The number of fused-ring (bicyclic) bond motifs is 3. The van der Waals surface area contributed by atoms with Crippen LogP contribution in [-0.2, 0) is 19.2 Å². The van der Waals surface area contributed by atoms with E-state index in [1.54, 1.807) is 6.20 Å². The molecule has 0 spiro atoms. The first kappa shape index (κ1) is 16.8. The minimum atomic E-state index is -4.61. The summed E-state index contributed by atoms with van der Waals surface area (Å²) in [5, 5.41) is 0. The Morgan fingerprint density at radius 3 is 2.76 bits per heavy atom. The lowest BCUT2D eigenvalue weighted by atomic mass is 10.1. The predicted molar refractivity (Wildman–Crippen MR) is 86.8 cm³/mol. The molecule has 4 rings (SSSR count). The molecule has 0 amide bonds. The average Bonchev–Trinajstić information content (AvgIpc) is 3.01. The minimum absolute atomic E-state index is 0.0404. The van der Waals surface area contributed by atoms with E-state index >= 15 is 0 Å². The third kappa shape index (κ3) is 2.92. The molecule has 0 radical (unpaired) electrons. The number of ether oxygens (including phenoxy) is 1. The Morgan fingerprint density at radius 1 is 1.28 bits per heavy atom. The van der Waals surface area contributed by atoms with Gasteiger partial charge in [-0.2, -0.15) is 13.2 Å². The maximum Gasteiger partial charge on any atom is 0.417 e. The van der Waals surface area contributed by atoms with Crippen LogP contribution in [0.2, 0.25) is 0 Å².